The zero-order chi connectivity index (χ0) is 17.0. The maximum Gasteiger partial charge on any atom is 0.248 e. The van der Waals surface area contributed by atoms with Crippen molar-refractivity contribution in [1.29, 1.82) is 0 Å². The summed E-state index contributed by atoms with van der Waals surface area (Å²) in [6.45, 7) is 5.95. The molecular weight excluding hydrogens is 308 g/mol. The Bertz CT molecular complexity index is 726. The molecule has 0 heterocycles. The number of aryl methyl sites for hydroxylation is 2. The number of primary amides is 1. The fourth-order valence-electron chi connectivity index (χ4n) is 2.04. The molecule has 0 aliphatic carbocycles. The highest BCUT2D eigenvalue weighted by atomic mass is 32.2. The second-order valence-electron chi connectivity index (χ2n) is 5.46. The van der Waals surface area contributed by atoms with Gasteiger partial charge in [0.1, 0.15) is 0 Å². The Labute approximate surface area is 140 Å². The number of carbonyl (C=O) groups excluding carboxylic acids is 2. The maximum absolute atomic E-state index is 12.3. The van der Waals surface area contributed by atoms with Gasteiger partial charge in [-0.25, -0.2) is 0 Å². The van der Waals surface area contributed by atoms with Crippen LogP contribution in [0.15, 0.2) is 47.4 Å². The molecule has 0 aromatic heterocycles. The Morgan fingerprint density at radius 2 is 1.74 bits per heavy atom. The summed E-state index contributed by atoms with van der Waals surface area (Å²) in [5, 5.41) is 2.62. The molecule has 4 nitrogen and oxygen atoms in total. The third-order valence-electron chi connectivity index (χ3n) is 3.45. The molecule has 1 atom stereocenters. The highest BCUT2D eigenvalue weighted by Gasteiger charge is 2.16. The minimum Gasteiger partial charge on any atom is -0.366 e. The average molecular weight is 328 g/mol. The second kappa shape index (κ2) is 7.33. The summed E-state index contributed by atoms with van der Waals surface area (Å²) < 4.78 is 0. The van der Waals surface area contributed by atoms with Crippen LogP contribution in [0.1, 0.15) is 28.4 Å². The van der Waals surface area contributed by atoms with Gasteiger partial charge in [-0.2, -0.15) is 0 Å². The first kappa shape index (κ1) is 17.1. The van der Waals surface area contributed by atoms with E-state index in [-0.39, 0.29) is 11.2 Å². The highest BCUT2D eigenvalue weighted by Crippen LogP contribution is 2.28. The first-order valence-corrected chi connectivity index (χ1v) is 8.19. The number of hydrogen-bond acceptors (Lipinski definition) is 3. The molecule has 23 heavy (non-hydrogen) atoms. The van der Waals surface area contributed by atoms with Crippen molar-refractivity contribution in [3.05, 3.63) is 59.2 Å². The Morgan fingerprint density at radius 3 is 2.35 bits per heavy atom. The third kappa shape index (κ3) is 4.60. The predicted molar refractivity (Wildman–Crippen MR) is 94.8 cm³/mol. The number of nitrogens with one attached hydrogen (secondary N) is 1. The molecule has 0 aliphatic heterocycles. The van der Waals surface area contributed by atoms with E-state index in [1.54, 1.807) is 24.3 Å². The van der Waals surface area contributed by atoms with E-state index in [4.69, 9.17) is 5.73 Å². The van der Waals surface area contributed by atoms with Gasteiger partial charge in [-0.05, 0) is 56.7 Å². The van der Waals surface area contributed by atoms with E-state index < -0.39 is 5.91 Å². The van der Waals surface area contributed by atoms with Crippen molar-refractivity contribution < 1.29 is 9.59 Å². The number of carbonyl (C=O) groups is 2. The van der Waals surface area contributed by atoms with Crippen LogP contribution in [0, 0.1) is 13.8 Å². The average Bonchev–Trinajstić information content (AvgIpc) is 2.51. The summed E-state index contributed by atoms with van der Waals surface area (Å²) in [4.78, 5) is 24.5. The number of amides is 2. The topological polar surface area (TPSA) is 72.2 Å². The van der Waals surface area contributed by atoms with Crippen LogP contribution in [0.5, 0.6) is 0 Å². The molecule has 120 valence electrons. The van der Waals surface area contributed by atoms with E-state index in [9.17, 15) is 9.59 Å². The van der Waals surface area contributed by atoms with E-state index in [1.165, 1.54) is 17.3 Å². The first-order chi connectivity index (χ1) is 10.9. The standard InChI is InChI=1S/C18H20N2O2S/c1-11-4-5-12(2)16(10-11)23-13(3)18(22)20-15-8-6-14(7-9-15)17(19)21/h4-10,13H,1-3H3,(H2,19,21)(H,20,22). The fourth-order valence-corrected chi connectivity index (χ4v) is 3.09. The maximum atomic E-state index is 12.3. The molecule has 2 amide bonds. The van der Waals surface area contributed by atoms with E-state index in [0.717, 1.165) is 10.5 Å². The molecule has 0 radical (unpaired) electrons. The molecule has 0 bridgehead atoms. The SMILES string of the molecule is Cc1ccc(C)c(SC(C)C(=O)Nc2ccc(C(N)=O)cc2)c1. The van der Waals surface area contributed by atoms with Crippen LogP contribution in [0.25, 0.3) is 0 Å². The van der Waals surface area contributed by atoms with E-state index in [2.05, 4.69) is 23.5 Å². The summed E-state index contributed by atoms with van der Waals surface area (Å²) in [7, 11) is 0. The zero-order valence-electron chi connectivity index (χ0n) is 13.4. The van der Waals surface area contributed by atoms with Crippen LogP contribution in [0.2, 0.25) is 0 Å². The number of hydrogen-bond donors (Lipinski definition) is 2. The van der Waals surface area contributed by atoms with Gasteiger partial charge in [0.05, 0.1) is 5.25 Å². The Hall–Kier alpha value is -2.27. The Morgan fingerprint density at radius 1 is 1.09 bits per heavy atom. The van der Waals surface area contributed by atoms with Gasteiger partial charge in [0.25, 0.3) is 0 Å². The van der Waals surface area contributed by atoms with Crippen LogP contribution in [-0.4, -0.2) is 17.1 Å². The smallest absolute Gasteiger partial charge is 0.248 e. The summed E-state index contributed by atoms with van der Waals surface area (Å²) in [5.74, 6) is -0.565. The van der Waals surface area contributed by atoms with E-state index in [1.807, 2.05) is 20.8 Å². The molecular formula is C18H20N2O2S. The molecule has 1 unspecified atom stereocenters. The molecule has 0 saturated heterocycles. The van der Waals surface area contributed by atoms with Crippen molar-refractivity contribution in [3.63, 3.8) is 0 Å². The third-order valence-corrected chi connectivity index (χ3v) is 4.71. The van der Waals surface area contributed by atoms with Crippen molar-refractivity contribution in [2.45, 2.75) is 30.9 Å². The van der Waals surface area contributed by atoms with Gasteiger partial charge < -0.3 is 11.1 Å². The number of thioether (sulfide) groups is 1. The van der Waals surface area contributed by atoms with Crippen LogP contribution in [0.3, 0.4) is 0 Å². The van der Waals surface area contributed by atoms with Gasteiger partial charge >= 0.3 is 0 Å². The Balaban J connectivity index is 2.02. The Kier molecular flexibility index (Phi) is 5.45. The van der Waals surface area contributed by atoms with Crippen LogP contribution in [0.4, 0.5) is 5.69 Å². The lowest BCUT2D eigenvalue weighted by Gasteiger charge is -2.14. The molecule has 3 N–H and O–H groups in total. The van der Waals surface area contributed by atoms with Gasteiger partial charge in [-0.3, -0.25) is 9.59 Å². The lowest BCUT2D eigenvalue weighted by Crippen LogP contribution is -2.22. The predicted octanol–water partition coefficient (Wildman–Crippen LogP) is 3.52. The molecule has 0 fully saturated rings. The molecule has 0 spiro atoms. The van der Waals surface area contributed by atoms with Crippen molar-refractivity contribution in [3.8, 4) is 0 Å². The molecule has 2 aromatic rings. The molecule has 0 aliphatic rings. The summed E-state index contributed by atoms with van der Waals surface area (Å²) in [6, 6.07) is 12.8. The minimum atomic E-state index is -0.485. The van der Waals surface area contributed by atoms with E-state index >= 15 is 0 Å². The summed E-state index contributed by atoms with van der Waals surface area (Å²) in [6.07, 6.45) is 0. The largest absolute Gasteiger partial charge is 0.366 e. The number of rotatable bonds is 5. The van der Waals surface area contributed by atoms with Gasteiger partial charge in [0.2, 0.25) is 11.8 Å². The van der Waals surface area contributed by atoms with Crippen molar-refractivity contribution >= 4 is 29.3 Å². The first-order valence-electron chi connectivity index (χ1n) is 7.31. The molecule has 2 rings (SSSR count). The van der Waals surface area contributed by atoms with Crippen molar-refractivity contribution in [1.82, 2.24) is 0 Å². The summed E-state index contributed by atoms with van der Waals surface area (Å²) >= 11 is 1.53. The fraction of sp³-hybridized carbons (Fsp3) is 0.222. The second-order valence-corrected chi connectivity index (χ2v) is 6.84. The van der Waals surface area contributed by atoms with Gasteiger partial charge in [-0.1, -0.05) is 17.7 Å². The lowest BCUT2D eigenvalue weighted by molar-refractivity contribution is -0.115. The number of nitrogens with two attached hydrogens (primary N) is 1. The van der Waals surface area contributed by atoms with Crippen molar-refractivity contribution in [2.24, 2.45) is 5.73 Å². The van der Waals surface area contributed by atoms with Gasteiger partial charge in [0, 0.05) is 16.1 Å². The summed E-state index contributed by atoms with van der Waals surface area (Å²) in [5.41, 5.74) is 8.59. The quantitative estimate of drug-likeness (QED) is 0.825. The van der Waals surface area contributed by atoms with Crippen LogP contribution >= 0.6 is 11.8 Å². The normalized spacial score (nSPS) is 11.8. The number of benzene rings is 2. The van der Waals surface area contributed by atoms with Crippen molar-refractivity contribution in [2.75, 3.05) is 5.32 Å². The lowest BCUT2D eigenvalue weighted by atomic mass is 10.2. The van der Waals surface area contributed by atoms with Gasteiger partial charge in [0.15, 0.2) is 0 Å². The molecule has 0 saturated carbocycles. The van der Waals surface area contributed by atoms with Crippen LogP contribution < -0.4 is 11.1 Å². The highest BCUT2D eigenvalue weighted by molar-refractivity contribution is 8.00. The zero-order valence-corrected chi connectivity index (χ0v) is 14.2. The molecule has 5 heteroatoms. The van der Waals surface area contributed by atoms with Crippen LogP contribution in [-0.2, 0) is 4.79 Å². The van der Waals surface area contributed by atoms with E-state index in [0.29, 0.717) is 11.3 Å². The minimum absolute atomic E-state index is 0.0808. The monoisotopic (exact) mass is 328 g/mol. The number of anilines is 1. The van der Waals surface area contributed by atoms with Gasteiger partial charge in [-0.15, -0.1) is 11.8 Å². The molecule has 2 aromatic carbocycles.